The van der Waals surface area contributed by atoms with Crippen LogP contribution >= 0.6 is 0 Å². The lowest BCUT2D eigenvalue weighted by atomic mass is 9.98. The number of carbonyl (C=O) groups excluding carboxylic acids is 3. The molecule has 0 aromatic heterocycles. The number of carboxylic acid groups (broad SMARTS) is 1. The largest absolute Gasteiger partial charge is 0.479 e. The summed E-state index contributed by atoms with van der Waals surface area (Å²) in [5.74, 6) is -3.25. The Labute approximate surface area is 490 Å². The highest BCUT2D eigenvalue weighted by atomic mass is 16.7. The van der Waals surface area contributed by atoms with E-state index in [4.69, 9.17) is 23.7 Å². The second-order valence-corrected chi connectivity index (χ2v) is 20.9. The van der Waals surface area contributed by atoms with E-state index in [1.807, 2.05) is 6.08 Å². The van der Waals surface area contributed by atoms with Crippen molar-refractivity contribution in [1.82, 2.24) is 0 Å². The van der Waals surface area contributed by atoms with E-state index >= 15 is 0 Å². The van der Waals surface area contributed by atoms with Crippen LogP contribution < -0.4 is 0 Å². The van der Waals surface area contributed by atoms with Crippen LogP contribution in [0.4, 0.5) is 0 Å². The summed E-state index contributed by atoms with van der Waals surface area (Å²) in [5.41, 5.74) is 0. The third-order valence-corrected chi connectivity index (χ3v) is 13.5. The van der Waals surface area contributed by atoms with Gasteiger partial charge in [0.05, 0.1) is 6.61 Å². The van der Waals surface area contributed by atoms with E-state index in [0.717, 1.165) is 116 Å². The van der Waals surface area contributed by atoms with Crippen LogP contribution in [0.1, 0.15) is 239 Å². The van der Waals surface area contributed by atoms with Gasteiger partial charge in [-0.25, -0.2) is 4.79 Å². The Hall–Kier alpha value is -4.88. The molecule has 0 spiro atoms. The molecule has 1 aliphatic rings. The van der Waals surface area contributed by atoms with Gasteiger partial charge in [0.25, 0.3) is 0 Å². The summed E-state index contributed by atoms with van der Waals surface area (Å²) < 4.78 is 28.4. The summed E-state index contributed by atoms with van der Waals surface area (Å²) in [6, 6.07) is 0. The molecule has 0 amide bonds. The molecule has 0 aromatic rings. The van der Waals surface area contributed by atoms with Crippen LogP contribution in [0.5, 0.6) is 0 Å². The Kier molecular flexibility index (Phi) is 50.9. The number of unbranched alkanes of at least 4 members (excludes halogenated alkanes) is 18. The van der Waals surface area contributed by atoms with E-state index in [1.165, 1.54) is 57.8 Å². The molecular weight excluding hydrogens is 1020 g/mol. The average molecular weight is 1130 g/mol. The second kappa shape index (κ2) is 55.6. The van der Waals surface area contributed by atoms with Crippen molar-refractivity contribution in [2.24, 2.45) is 0 Å². The van der Waals surface area contributed by atoms with E-state index in [9.17, 15) is 34.5 Å². The zero-order valence-corrected chi connectivity index (χ0v) is 50.5. The summed E-state index contributed by atoms with van der Waals surface area (Å²) in [5, 5.41) is 31.6. The Morgan fingerprint density at radius 2 is 0.790 bits per heavy atom. The molecule has 0 saturated carbocycles. The van der Waals surface area contributed by atoms with Crippen LogP contribution in [-0.4, -0.2) is 89.2 Å². The number of hydrogen-bond donors (Lipinski definition) is 3. The molecule has 6 unspecified atom stereocenters. The third kappa shape index (κ3) is 45.3. The number of esters is 3. The fourth-order valence-electron chi connectivity index (χ4n) is 8.74. The number of hydrogen-bond acceptors (Lipinski definition) is 11. The summed E-state index contributed by atoms with van der Waals surface area (Å²) >= 11 is 0. The molecule has 1 fully saturated rings. The van der Waals surface area contributed by atoms with Crippen molar-refractivity contribution in [2.45, 2.75) is 276 Å². The Morgan fingerprint density at radius 1 is 0.420 bits per heavy atom. The van der Waals surface area contributed by atoms with Crippen molar-refractivity contribution in [3.05, 3.63) is 122 Å². The smallest absolute Gasteiger partial charge is 0.335 e. The summed E-state index contributed by atoms with van der Waals surface area (Å²) in [4.78, 5) is 51.3. The van der Waals surface area contributed by atoms with Crippen LogP contribution in [-0.2, 0) is 42.9 Å². The second-order valence-electron chi connectivity index (χ2n) is 20.9. The fourth-order valence-corrected chi connectivity index (χ4v) is 8.74. The molecule has 458 valence electrons. The zero-order valence-electron chi connectivity index (χ0n) is 50.5. The lowest BCUT2D eigenvalue weighted by Gasteiger charge is -2.40. The van der Waals surface area contributed by atoms with Crippen molar-refractivity contribution in [3.8, 4) is 0 Å². The maximum atomic E-state index is 13.2. The molecule has 0 aromatic carbocycles. The first kappa shape index (κ1) is 74.1. The number of aliphatic hydroxyl groups excluding tert-OH is 2. The van der Waals surface area contributed by atoms with Gasteiger partial charge in [0, 0.05) is 19.3 Å². The van der Waals surface area contributed by atoms with E-state index in [0.29, 0.717) is 25.7 Å². The van der Waals surface area contributed by atoms with Gasteiger partial charge < -0.3 is 39.0 Å². The van der Waals surface area contributed by atoms with Crippen LogP contribution in [0.25, 0.3) is 0 Å². The van der Waals surface area contributed by atoms with Gasteiger partial charge in [-0.3, -0.25) is 14.4 Å². The molecule has 12 heteroatoms. The monoisotopic (exact) mass is 1130 g/mol. The highest BCUT2D eigenvalue weighted by Gasteiger charge is 2.50. The van der Waals surface area contributed by atoms with E-state index in [-0.39, 0.29) is 25.9 Å². The van der Waals surface area contributed by atoms with E-state index in [2.05, 4.69) is 136 Å². The average Bonchev–Trinajstić information content (AvgIpc) is 3.53. The quantitative estimate of drug-likeness (QED) is 0.0228. The van der Waals surface area contributed by atoms with Gasteiger partial charge >= 0.3 is 23.9 Å². The first-order valence-electron chi connectivity index (χ1n) is 31.5. The third-order valence-electron chi connectivity index (χ3n) is 13.5. The highest BCUT2D eigenvalue weighted by molar-refractivity contribution is 5.74. The molecule has 6 atom stereocenters. The molecule has 12 nitrogen and oxygen atoms in total. The summed E-state index contributed by atoms with van der Waals surface area (Å²) in [7, 11) is 0. The predicted molar refractivity (Wildman–Crippen MR) is 330 cm³/mol. The molecule has 0 bridgehead atoms. The predicted octanol–water partition coefficient (Wildman–Crippen LogP) is 16.8. The first-order valence-corrected chi connectivity index (χ1v) is 31.5. The van der Waals surface area contributed by atoms with Crippen LogP contribution in [0, 0.1) is 0 Å². The lowest BCUT2D eigenvalue weighted by molar-refractivity contribution is -0.301. The van der Waals surface area contributed by atoms with E-state index in [1.54, 1.807) is 0 Å². The molecule has 81 heavy (non-hydrogen) atoms. The van der Waals surface area contributed by atoms with Crippen molar-refractivity contribution >= 4 is 23.9 Å². The van der Waals surface area contributed by atoms with Crippen molar-refractivity contribution in [2.75, 3.05) is 13.2 Å². The molecule has 0 aliphatic carbocycles. The Morgan fingerprint density at radius 3 is 1.23 bits per heavy atom. The number of aliphatic carboxylic acids is 1. The number of carbonyl (C=O) groups is 4. The summed E-state index contributed by atoms with van der Waals surface area (Å²) in [6.45, 7) is 5.70. The molecule has 1 aliphatic heterocycles. The van der Waals surface area contributed by atoms with Gasteiger partial charge in [0.2, 0.25) is 0 Å². The minimum atomic E-state index is -1.93. The molecule has 0 radical (unpaired) electrons. The topological polar surface area (TPSA) is 175 Å². The molecule has 1 rings (SSSR count). The van der Waals surface area contributed by atoms with Gasteiger partial charge in [-0.15, -0.1) is 0 Å². The van der Waals surface area contributed by atoms with Gasteiger partial charge in [0.15, 0.2) is 24.6 Å². The van der Waals surface area contributed by atoms with Gasteiger partial charge in [-0.1, -0.05) is 219 Å². The van der Waals surface area contributed by atoms with E-state index < -0.39 is 67.3 Å². The summed E-state index contributed by atoms with van der Waals surface area (Å²) in [6.07, 6.45) is 64.5. The lowest BCUT2D eigenvalue weighted by Crippen LogP contribution is -2.61. The molecule has 1 heterocycles. The number of rotatable bonds is 52. The van der Waals surface area contributed by atoms with Gasteiger partial charge in [-0.05, 0) is 122 Å². The molecule has 3 N–H and O–H groups in total. The Balaban J connectivity index is 2.74. The Bertz CT molecular complexity index is 1870. The zero-order chi connectivity index (χ0) is 58.9. The highest BCUT2D eigenvalue weighted by Crippen LogP contribution is 2.26. The number of allylic oxidation sites excluding steroid dienone is 20. The minimum Gasteiger partial charge on any atom is -0.479 e. The maximum absolute atomic E-state index is 13.2. The SMILES string of the molecule is CC/C=C\C/C=C\C/C=C\C/C=C\C/C=C\CCCC(=O)OCC(COC1OC(C(=O)O)C(O)C(O)C1OC(=O)CCCCCC/C=C\C/C=C\C/C=C\C/C=C\CC)OC(=O)CCCCCCCCC/C=C\CCCCCCCC. The number of carboxylic acids is 1. The van der Waals surface area contributed by atoms with Crippen molar-refractivity contribution in [3.63, 3.8) is 0 Å². The molecule has 1 saturated heterocycles. The fraction of sp³-hybridized carbons (Fsp3) is 0.652. The van der Waals surface area contributed by atoms with Crippen LogP contribution in [0.15, 0.2) is 122 Å². The normalized spacial score (nSPS) is 18.6. The number of ether oxygens (including phenoxy) is 5. The first-order chi connectivity index (χ1) is 39.6. The van der Waals surface area contributed by atoms with Crippen LogP contribution in [0.3, 0.4) is 0 Å². The standard InChI is InChI=1S/C69H110O12/c1-4-7-10-13-16-19-22-25-28-31-34-37-40-43-46-49-52-55-61(70)77-58-60(79-62(71)56-53-50-47-44-41-38-35-32-29-26-23-20-17-14-11-8-5-2)59-78-69-67(65(74)64(73)66(81-69)68(75)76)80-63(72)57-54-51-48-45-42-39-36-33-30-27-24-21-18-15-12-9-6-3/h7,9-10,12,16,18-19,21,25-30,34,36-37,39,43,46,60,64-67,69,73-74H,4-6,8,11,13-15,17,20,22-24,31-33,35,38,40-42,44-45,47-59H2,1-3H3,(H,75,76)/b10-7-,12-9-,19-16-,21-18-,28-25-,29-26-,30-27-,37-34-,39-36-,46-43-. The molecular formula is C69H110O12. The number of aliphatic hydroxyl groups is 2. The van der Waals surface area contributed by atoms with Crippen molar-refractivity contribution < 1.29 is 58.2 Å². The van der Waals surface area contributed by atoms with Gasteiger partial charge in [-0.2, -0.15) is 0 Å². The maximum Gasteiger partial charge on any atom is 0.335 e. The van der Waals surface area contributed by atoms with Crippen molar-refractivity contribution in [1.29, 1.82) is 0 Å². The van der Waals surface area contributed by atoms with Crippen LogP contribution in [0.2, 0.25) is 0 Å². The van der Waals surface area contributed by atoms with Gasteiger partial charge in [0.1, 0.15) is 18.8 Å². The minimum absolute atomic E-state index is 0.0205.